The second-order valence-corrected chi connectivity index (χ2v) is 11.9. The maximum Gasteiger partial charge on any atom is 0.320 e. The van der Waals surface area contributed by atoms with E-state index in [0.717, 1.165) is 53.3 Å². The highest BCUT2D eigenvalue weighted by Gasteiger charge is 2.52. The summed E-state index contributed by atoms with van der Waals surface area (Å²) in [6.07, 6.45) is 6.46. The average Bonchev–Trinajstić information content (AvgIpc) is 2.97. The molecule has 2 aromatic rings. The minimum atomic E-state index is -1.35. The number of nitrogens with zero attached hydrogens (tertiary/aromatic N) is 2. The van der Waals surface area contributed by atoms with E-state index >= 15 is 0 Å². The van der Waals surface area contributed by atoms with E-state index in [9.17, 15) is 14.8 Å². The number of amides is 3. The highest BCUT2D eigenvalue weighted by atomic mass is 16.5. The third-order valence-electron chi connectivity index (χ3n) is 9.20. The summed E-state index contributed by atoms with van der Waals surface area (Å²) in [5, 5.41) is 20.1. The molecule has 2 atom stereocenters. The second-order valence-electron chi connectivity index (χ2n) is 11.9. The molecule has 7 rings (SSSR count). The molecule has 0 radical (unpaired) electrons. The number of urea groups is 1. The lowest BCUT2D eigenvalue weighted by Crippen LogP contribution is -2.59. The van der Waals surface area contributed by atoms with Gasteiger partial charge in [-0.3, -0.25) is 4.79 Å². The van der Waals surface area contributed by atoms with Gasteiger partial charge >= 0.3 is 6.03 Å². The molecule has 8 nitrogen and oxygen atoms in total. The van der Waals surface area contributed by atoms with Crippen molar-refractivity contribution in [2.24, 2.45) is 23.2 Å². The van der Waals surface area contributed by atoms with Gasteiger partial charge in [-0.25, -0.2) is 4.79 Å². The normalized spacial score (nSPS) is 32.1. The standard InChI is InChI=1S/C30H37N4O4/c1-38-12-11-26-24-9-5-6-10-25(24)33(19-30-16-20-13-21(17-30)15-22(14-20)18-30)28(35)27(34(26)37)32-29(36)31-23-7-3-2-4-8-23/h2-10,20-22,26-27H,11-19H2,1H3,(H2,31,32,36)/q-1. The van der Waals surface area contributed by atoms with Crippen molar-refractivity contribution in [1.29, 1.82) is 0 Å². The Hall–Kier alpha value is -2.94. The Morgan fingerprint density at radius 2 is 1.63 bits per heavy atom. The van der Waals surface area contributed by atoms with E-state index in [1.54, 1.807) is 19.2 Å². The first-order chi connectivity index (χ1) is 18.4. The molecule has 202 valence electrons. The minimum Gasteiger partial charge on any atom is -0.783 e. The Morgan fingerprint density at radius 3 is 2.29 bits per heavy atom. The van der Waals surface area contributed by atoms with Crippen molar-refractivity contribution >= 4 is 23.3 Å². The van der Waals surface area contributed by atoms with Crippen LogP contribution < -0.4 is 15.5 Å². The van der Waals surface area contributed by atoms with Gasteiger partial charge in [0.15, 0.2) is 6.17 Å². The van der Waals surface area contributed by atoms with E-state index in [-0.39, 0.29) is 11.3 Å². The molecular formula is C30H37N4O4-. The van der Waals surface area contributed by atoms with Crippen LogP contribution in [0, 0.1) is 28.4 Å². The van der Waals surface area contributed by atoms with E-state index in [1.807, 2.05) is 47.4 Å². The number of hydrogen-bond donors (Lipinski definition) is 2. The summed E-state index contributed by atoms with van der Waals surface area (Å²) < 4.78 is 5.32. The Kier molecular flexibility index (Phi) is 6.88. The van der Waals surface area contributed by atoms with Gasteiger partial charge in [0.25, 0.3) is 5.91 Å². The summed E-state index contributed by atoms with van der Waals surface area (Å²) in [7, 11) is 1.60. The molecule has 38 heavy (non-hydrogen) atoms. The quantitative estimate of drug-likeness (QED) is 0.521. The molecule has 2 aromatic carbocycles. The van der Waals surface area contributed by atoms with Gasteiger partial charge in [-0.2, -0.15) is 0 Å². The lowest BCUT2D eigenvalue weighted by Gasteiger charge is -2.58. The number of fused-ring (bicyclic) bond motifs is 1. The molecule has 2 N–H and O–H groups in total. The van der Waals surface area contributed by atoms with Crippen LogP contribution in [-0.4, -0.2) is 43.4 Å². The number of methoxy groups -OCH3 is 1. The van der Waals surface area contributed by atoms with Crippen LogP contribution in [0.5, 0.6) is 0 Å². The van der Waals surface area contributed by atoms with Gasteiger partial charge in [0.2, 0.25) is 0 Å². The number of carbonyl (C=O) groups excluding carboxylic acids is 2. The average molecular weight is 518 g/mol. The largest absolute Gasteiger partial charge is 0.783 e. The van der Waals surface area contributed by atoms with Crippen molar-refractivity contribution in [1.82, 2.24) is 10.4 Å². The Labute approximate surface area is 224 Å². The molecular weight excluding hydrogens is 480 g/mol. The number of benzene rings is 2. The van der Waals surface area contributed by atoms with Gasteiger partial charge < -0.3 is 30.5 Å². The maximum atomic E-state index is 14.3. The van der Waals surface area contributed by atoms with Crippen LogP contribution in [0.2, 0.25) is 0 Å². The molecule has 5 aliphatic rings. The number of rotatable bonds is 7. The van der Waals surface area contributed by atoms with Gasteiger partial charge in [-0.05, 0) is 91.9 Å². The minimum absolute atomic E-state index is 0.0778. The van der Waals surface area contributed by atoms with Crippen LogP contribution in [0.15, 0.2) is 54.6 Å². The fraction of sp³-hybridized carbons (Fsp3) is 0.533. The molecule has 0 aromatic heterocycles. The van der Waals surface area contributed by atoms with Crippen LogP contribution in [0.1, 0.15) is 56.6 Å². The lowest BCUT2D eigenvalue weighted by molar-refractivity contribution is -0.125. The smallest absolute Gasteiger partial charge is 0.320 e. The molecule has 4 saturated carbocycles. The van der Waals surface area contributed by atoms with Crippen LogP contribution in [-0.2, 0) is 9.53 Å². The van der Waals surface area contributed by atoms with Crippen molar-refractivity contribution in [3.05, 3.63) is 65.4 Å². The maximum absolute atomic E-state index is 14.3. The second kappa shape index (κ2) is 10.3. The number of anilines is 2. The number of ether oxygens (including phenoxy) is 1. The summed E-state index contributed by atoms with van der Waals surface area (Å²) in [4.78, 5) is 29.1. The first-order valence-electron chi connectivity index (χ1n) is 13.9. The van der Waals surface area contributed by atoms with Crippen molar-refractivity contribution in [3.63, 3.8) is 0 Å². The zero-order valence-electron chi connectivity index (χ0n) is 22.0. The van der Waals surface area contributed by atoms with E-state index in [0.29, 0.717) is 25.3 Å². The van der Waals surface area contributed by atoms with Crippen LogP contribution in [0.3, 0.4) is 0 Å². The third-order valence-corrected chi connectivity index (χ3v) is 9.20. The van der Waals surface area contributed by atoms with Gasteiger partial charge in [-0.15, -0.1) is 0 Å². The zero-order chi connectivity index (χ0) is 26.3. The first-order valence-corrected chi connectivity index (χ1v) is 13.9. The number of nitrogens with one attached hydrogen (secondary N) is 2. The lowest BCUT2D eigenvalue weighted by atomic mass is 9.49. The fourth-order valence-electron chi connectivity index (χ4n) is 8.14. The molecule has 4 aliphatic carbocycles. The van der Waals surface area contributed by atoms with Crippen LogP contribution >= 0.6 is 0 Å². The molecule has 8 heteroatoms. The van der Waals surface area contributed by atoms with Gasteiger partial charge in [0, 0.05) is 37.7 Å². The topological polar surface area (TPSA) is 97.0 Å². The number of hydroxylamine groups is 2. The molecule has 3 amide bonds. The summed E-state index contributed by atoms with van der Waals surface area (Å²) in [5.74, 6) is 1.87. The molecule has 4 fully saturated rings. The SMILES string of the molecule is COCCC1c2ccccc2N(CC23CC4CC(CC(C4)C2)C3)C(=O)C(NC(=O)Nc2ccccc2)N1[O-]. The third kappa shape index (κ3) is 4.81. The molecule has 0 saturated heterocycles. The van der Waals surface area contributed by atoms with Crippen molar-refractivity contribution in [2.45, 2.75) is 57.2 Å². The molecule has 1 aliphatic heterocycles. The summed E-state index contributed by atoms with van der Waals surface area (Å²) in [6.45, 7) is 0.958. The van der Waals surface area contributed by atoms with Crippen molar-refractivity contribution < 1.29 is 14.3 Å². The molecule has 2 unspecified atom stereocenters. The summed E-state index contributed by atoms with van der Waals surface area (Å²) >= 11 is 0. The zero-order valence-corrected chi connectivity index (χ0v) is 22.0. The van der Waals surface area contributed by atoms with Gasteiger partial charge in [0.05, 0.1) is 0 Å². The highest BCUT2D eigenvalue weighted by molar-refractivity contribution is 6.01. The Morgan fingerprint density at radius 1 is 1.00 bits per heavy atom. The summed E-state index contributed by atoms with van der Waals surface area (Å²) in [5.41, 5.74) is 2.26. The molecule has 1 heterocycles. The monoisotopic (exact) mass is 517 g/mol. The summed E-state index contributed by atoms with van der Waals surface area (Å²) in [6, 6.07) is 15.5. The van der Waals surface area contributed by atoms with Gasteiger partial charge in [0.1, 0.15) is 0 Å². The fourth-order valence-corrected chi connectivity index (χ4v) is 8.14. The highest BCUT2D eigenvalue weighted by Crippen LogP contribution is 2.60. The van der Waals surface area contributed by atoms with E-state index < -0.39 is 18.2 Å². The number of hydrogen-bond acceptors (Lipinski definition) is 5. The van der Waals surface area contributed by atoms with Crippen molar-refractivity contribution in [2.75, 3.05) is 30.5 Å². The van der Waals surface area contributed by atoms with Crippen molar-refractivity contribution in [3.8, 4) is 0 Å². The molecule has 4 bridgehead atoms. The van der Waals surface area contributed by atoms with E-state index in [4.69, 9.17) is 4.74 Å². The van der Waals surface area contributed by atoms with Crippen LogP contribution in [0.4, 0.5) is 16.2 Å². The van der Waals surface area contributed by atoms with Crippen LogP contribution in [0.25, 0.3) is 0 Å². The first kappa shape index (κ1) is 25.3. The van der Waals surface area contributed by atoms with E-state index in [2.05, 4.69) is 10.6 Å². The van der Waals surface area contributed by atoms with E-state index in [1.165, 1.54) is 19.3 Å². The van der Waals surface area contributed by atoms with Gasteiger partial charge in [-0.1, -0.05) is 36.4 Å². The predicted octanol–water partition coefficient (Wildman–Crippen LogP) is 5.27. The number of carbonyl (C=O) groups is 2. The predicted molar refractivity (Wildman–Crippen MR) is 146 cm³/mol. The number of para-hydroxylation sites is 2. The Balaban J connectivity index is 1.33. The Bertz CT molecular complexity index is 1140. The molecule has 0 spiro atoms.